The molecule has 0 unspecified atom stereocenters. The summed E-state index contributed by atoms with van der Waals surface area (Å²) in [5.41, 5.74) is 4.27. The monoisotopic (exact) mass is 347 g/mol. The Morgan fingerprint density at radius 3 is 2.54 bits per heavy atom. The Balaban J connectivity index is 1.70. The first kappa shape index (κ1) is 16.6. The third-order valence-electron chi connectivity index (χ3n) is 5.14. The molecule has 1 aliphatic carbocycles. The third-order valence-corrected chi connectivity index (χ3v) is 5.14. The molecule has 1 heterocycles. The van der Waals surface area contributed by atoms with Gasteiger partial charge in [-0.25, -0.2) is 0 Å². The molecule has 132 valence electrons. The average molecular weight is 347 g/mol. The fraction of sp³-hybridized carbons (Fsp3) is 0.227. The van der Waals surface area contributed by atoms with Crippen LogP contribution in [-0.4, -0.2) is 17.1 Å². The summed E-state index contributed by atoms with van der Waals surface area (Å²) in [6.07, 6.45) is -0.0689. The smallest absolute Gasteiger partial charge is 0.256 e. The van der Waals surface area contributed by atoms with Crippen LogP contribution in [0.2, 0.25) is 0 Å². The van der Waals surface area contributed by atoms with Gasteiger partial charge in [0.05, 0.1) is 17.7 Å². The van der Waals surface area contributed by atoms with Crippen LogP contribution in [0.25, 0.3) is 11.3 Å². The van der Waals surface area contributed by atoms with Crippen LogP contribution in [0.5, 0.6) is 0 Å². The van der Waals surface area contributed by atoms with Crippen molar-refractivity contribution < 1.29 is 14.3 Å². The van der Waals surface area contributed by atoms with Gasteiger partial charge in [-0.1, -0.05) is 54.6 Å². The van der Waals surface area contributed by atoms with Crippen molar-refractivity contribution in [1.82, 2.24) is 5.32 Å². The highest BCUT2D eigenvalue weighted by Gasteiger charge is 2.33. The molecule has 26 heavy (non-hydrogen) atoms. The molecule has 0 radical (unpaired) electrons. The van der Waals surface area contributed by atoms with E-state index in [0.29, 0.717) is 17.7 Å². The van der Waals surface area contributed by atoms with Crippen molar-refractivity contribution in [3.63, 3.8) is 0 Å². The summed E-state index contributed by atoms with van der Waals surface area (Å²) < 4.78 is 5.89. The number of rotatable bonds is 3. The summed E-state index contributed by atoms with van der Waals surface area (Å²) in [4.78, 5) is 13.1. The van der Waals surface area contributed by atoms with E-state index in [-0.39, 0.29) is 5.91 Å². The zero-order valence-corrected chi connectivity index (χ0v) is 14.8. The zero-order chi connectivity index (χ0) is 18.3. The third kappa shape index (κ3) is 2.72. The molecular formula is C22H21NO3. The van der Waals surface area contributed by atoms with Crippen LogP contribution in [0.1, 0.15) is 38.9 Å². The van der Waals surface area contributed by atoms with E-state index >= 15 is 0 Å². The molecule has 4 nitrogen and oxygen atoms in total. The molecule has 1 aliphatic rings. The van der Waals surface area contributed by atoms with Gasteiger partial charge < -0.3 is 14.8 Å². The van der Waals surface area contributed by atoms with Crippen LogP contribution >= 0.6 is 0 Å². The van der Waals surface area contributed by atoms with Crippen molar-refractivity contribution in [2.45, 2.75) is 32.4 Å². The van der Waals surface area contributed by atoms with Crippen molar-refractivity contribution in [2.75, 3.05) is 0 Å². The number of aliphatic hydroxyl groups is 1. The lowest BCUT2D eigenvalue weighted by atomic mass is 10.0. The number of hydrogen-bond donors (Lipinski definition) is 2. The second-order valence-corrected chi connectivity index (χ2v) is 6.77. The largest absolute Gasteiger partial charge is 0.460 e. The summed E-state index contributed by atoms with van der Waals surface area (Å²) in [5, 5.41) is 13.4. The first-order valence-electron chi connectivity index (χ1n) is 8.78. The topological polar surface area (TPSA) is 62.5 Å². The molecular weight excluding hydrogens is 326 g/mol. The van der Waals surface area contributed by atoms with Crippen molar-refractivity contribution in [2.24, 2.45) is 0 Å². The van der Waals surface area contributed by atoms with E-state index in [1.54, 1.807) is 0 Å². The lowest BCUT2D eigenvalue weighted by molar-refractivity contribution is 0.0858. The van der Waals surface area contributed by atoms with Crippen molar-refractivity contribution in [3.05, 3.63) is 82.6 Å². The molecule has 1 aromatic heterocycles. The fourth-order valence-corrected chi connectivity index (χ4v) is 3.65. The molecule has 0 saturated carbocycles. The standard InChI is InChI=1S/C22H21NO3/c1-13-14(2)26-21(15-8-4-3-5-9-15)19(13)22(25)23-20-17-11-7-6-10-16(17)12-18(20)24/h3-11,18,20,24H,12H2,1-2H3,(H,23,25)/t18-,20+/m0/s1. The zero-order valence-electron chi connectivity index (χ0n) is 14.8. The molecule has 0 aliphatic heterocycles. The Kier molecular flexibility index (Phi) is 4.13. The maximum absolute atomic E-state index is 13.1. The van der Waals surface area contributed by atoms with Gasteiger partial charge in [-0.05, 0) is 25.0 Å². The van der Waals surface area contributed by atoms with Crippen LogP contribution < -0.4 is 5.32 Å². The number of aryl methyl sites for hydroxylation is 1. The Bertz CT molecular complexity index is 959. The molecule has 2 atom stereocenters. The number of amides is 1. The van der Waals surface area contributed by atoms with Crippen molar-refractivity contribution in [3.8, 4) is 11.3 Å². The highest BCUT2D eigenvalue weighted by atomic mass is 16.3. The summed E-state index contributed by atoms with van der Waals surface area (Å²) in [7, 11) is 0. The van der Waals surface area contributed by atoms with E-state index in [1.165, 1.54) is 0 Å². The van der Waals surface area contributed by atoms with E-state index in [4.69, 9.17) is 4.42 Å². The fourth-order valence-electron chi connectivity index (χ4n) is 3.65. The number of carbonyl (C=O) groups excluding carboxylic acids is 1. The lowest BCUT2D eigenvalue weighted by Gasteiger charge is -2.18. The van der Waals surface area contributed by atoms with Crippen LogP contribution in [0.4, 0.5) is 0 Å². The van der Waals surface area contributed by atoms with E-state index < -0.39 is 12.1 Å². The predicted molar refractivity (Wildman–Crippen MR) is 100.0 cm³/mol. The van der Waals surface area contributed by atoms with Crippen LogP contribution in [0.15, 0.2) is 59.0 Å². The first-order valence-corrected chi connectivity index (χ1v) is 8.78. The molecule has 1 amide bonds. The Hall–Kier alpha value is -2.85. The highest BCUT2D eigenvalue weighted by Crippen LogP contribution is 2.34. The van der Waals surface area contributed by atoms with Crippen LogP contribution in [0, 0.1) is 13.8 Å². The number of fused-ring (bicyclic) bond motifs is 1. The highest BCUT2D eigenvalue weighted by molar-refractivity contribution is 6.01. The van der Waals surface area contributed by atoms with Crippen molar-refractivity contribution >= 4 is 5.91 Å². The Morgan fingerprint density at radius 2 is 1.77 bits per heavy atom. The lowest BCUT2D eigenvalue weighted by Crippen LogP contribution is -2.34. The molecule has 0 fully saturated rings. The molecule has 0 bridgehead atoms. The second-order valence-electron chi connectivity index (χ2n) is 6.77. The minimum atomic E-state index is -0.621. The Morgan fingerprint density at radius 1 is 1.08 bits per heavy atom. The van der Waals surface area contributed by atoms with E-state index in [1.807, 2.05) is 68.4 Å². The van der Waals surface area contributed by atoms with Gasteiger partial charge in [0.25, 0.3) is 5.91 Å². The van der Waals surface area contributed by atoms with Crippen LogP contribution in [-0.2, 0) is 6.42 Å². The molecule has 2 aromatic carbocycles. The minimum absolute atomic E-state index is 0.223. The molecule has 0 spiro atoms. The van der Waals surface area contributed by atoms with Gasteiger partial charge in [0.1, 0.15) is 11.5 Å². The maximum Gasteiger partial charge on any atom is 0.256 e. The second kappa shape index (κ2) is 6.46. The Labute approximate surface area is 152 Å². The molecule has 3 aromatic rings. The number of nitrogens with one attached hydrogen (secondary N) is 1. The molecule has 4 heteroatoms. The van der Waals surface area contributed by atoms with Gasteiger partial charge in [-0.2, -0.15) is 0 Å². The number of furan rings is 1. The minimum Gasteiger partial charge on any atom is -0.460 e. The summed E-state index contributed by atoms with van der Waals surface area (Å²) in [5.74, 6) is 1.07. The first-order chi connectivity index (χ1) is 12.6. The normalized spacial score (nSPS) is 18.6. The summed E-state index contributed by atoms with van der Waals surface area (Å²) in [6.45, 7) is 3.75. The van der Waals surface area contributed by atoms with Crippen LogP contribution in [0.3, 0.4) is 0 Å². The SMILES string of the molecule is Cc1oc(-c2ccccc2)c(C(=O)N[C@@H]2c3ccccc3C[C@@H]2O)c1C. The maximum atomic E-state index is 13.1. The van der Waals surface area contributed by atoms with Gasteiger partial charge in [0, 0.05) is 17.5 Å². The van der Waals surface area contributed by atoms with Gasteiger partial charge in [0.15, 0.2) is 0 Å². The average Bonchev–Trinajstić information content (AvgIpc) is 3.13. The number of aliphatic hydroxyl groups excluding tert-OH is 1. The number of benzene rings is 2. The summed E-state index contributed by atoms with van der Waals surface area (Å²) in [6, 6.07) is 17.0. The van der Waals surface area contributed by atoms with Gasteiger partial charge in [0.2, 0.25) is 0 Å². The predicted octanol–water partition coefficient (Wildman–Crippen LogP) is 3.95. The van der Waals surface area contributed by atoms with E-state index in [9.17, 15) is 9.90 Å². The van der Waals surface area contributed by atoms with Gasteiger partial charge in [-0.15, -0.1) is 0 Å². The van der Waals surface area contributed by atoms with Gasteiger partial charge >= 0.3 is 0 Å². The van der Waals surface area contributed by atoms with Gasteiger partial charge in [-0.3, -0.25) is 4.79 Å². The quantitative estimate of drug-likeness (QED) is 0.754. The molecule has 4 rings (SSSR count). The van der Waals surface area contributed by atoms with E-state index in [0.717, 1.165) is 28.0 Å². The molecule has 2 N–H and O–H groups in total. The van der Waals surface area contributed by atoms with Crippen molar-refractivity contribution in [1.29, 1.82) is 0 Å². The number of hydrogen-bond acceptors (Lipinski definition) is 3. The number of carbonyl (C=O) groups is 1. The molecule has 0 saturated heterocycles. The summed E-state index contributed by atoms with van der Waals surface area (Å²) >= 11 is 0. The van der Waals surface area contributed by atoms with E-state index in [2.05, 4.69) is 5.32 Å².